The van der Waals surface area contributed by atoms with E-state index >= 15 is 0 Å². The number of hydrogen-bond donors (Lipinski definition) is 2. The van der Waals surface area contributed by atoms with Gasteiger partial charge in [0.25, 0.3) is 5.91 Å². The molecule has 0 bridgehead atoms. The molecular formula is C14H17N5O2. The van der Waals surface area contributed by atoms with E-state index in [0.29, 0.717) is 5.52 Å². The van der Waals surface area contributed by atoms with Crippen molar-refractivity contribution in [3.63, 3.8) is 0 Å². The maximum absolute atomic E-state index is 12.5. The molecule has 1 heterocycles. The predicted molar refractivity (Wildman–Crippen MR) is 79.1 cm³/mol. The number of rotatable bonds is 4. The SMILES string of the molecule is CC(C)N(C/C(N)=N/O)C(=O)c1cnc2ccccc2n1. The average Bonchev–Trinajstić information content (AvgIpc) is 2.50. The number of oxime groups is 1. The lowest BCUT2D eigenvalue weighted by atomic mass is 10.2. The third-order valence-electron chi connectivity index (χ3n) is 3.01. The van der Waals surface area contributed by atoms with Crippen molar-refractivity contribution in [3.05, 3.63) is 36.2 Å². The van der Waals surface area contributed by atoms with Crippen LogP contribution in [0.15, 0.2) is 35.6 Å². The normalized spacial score (nSPS) is 11.9. The summed E-state index contributed by atoms with van der Waals surface area (Å²) in [6.07, 6.45) is 1.44. The van der Waals surface area contributed by atoms with Gasteiger partial charge in [-0.15, -0.1) is 0 Å². The number of aromatic nitrogens is 2. The minimum Gasteiger partial charge on any atom is -0.409 e. The predicted octanol–water partition coefficient (Wildman–Crippen LogP) is 1.23. The number of carbonyl (C=O) groups excluding carboxylic acids is 1. The van der Waals surface area contributed by atoms with Gasteiger partial charge in [-0.05, 0) is 26.0 Å². The standard InChI is InChI=1S/C14H17N5O2/c1-9(2)19(8-13(15)18-21)14(20)12-7-16-10-5-3-4-6-11(10)17-12/h3-7,9,21H,8H2,1-2H3,(H2,15,18). The highest BCUT2D eigenvalue weighted by molar-refractivity contribution is 5.96. The second-order valence-electron chi connectivity index (χ2n) is 4.86. The first kappa shape index (κ1) is 14.7. The Morgan fingerprint density at radius 3 is 2.67 bits per heavy atom. The van der Waals surface area contributed by atoms with E-state index in [2.05, 4.69) is 15.1 Å². The van der Waals surface area contributed by atoms with Crippen LogP contribution in [0.2, 0.25) is 0 Å². The molecule has 0 fully saturated rings. The maximum Gasteiger partial charge on any atom is 0.274 e. The summed E-state index contributed by atoms with van der Waals surface area (Å²) in [6, 6.07) is 7.19. The highest BCUT2D eigenvalue weighted by atomic mass is 16.4. The van der Waals surface area contributed by atoms with Crippen LogP contribution in [0.5, 0.6) is 0 Å². The molecule has 0 unspecified atom stereocenters. The van der Waals surface area contributed by atoms with Crippen LogP contribution in [0.25, 0.3) is 11.0 Å². The molecule has 21 heavy (non-hydrogen) atoms. The summed E-state index contributed by atoms with van der Waals surface area (Å²) in [5.74, 6) is -0.347. The molecule has 7 nitrogen and oxygen atoms in total. The zero-order valence-corrected chi connectivity index (χ0v) is 11.9. The third-order valence-corrected chi connectivity index (χ3v) is 3.01. The van der Waals surface area contributed by atoms with Crippen LogP contribution in [0.1, 0.15) is 24.3 Å². The fourth-order valence-corrected chi connectivity index (χ4v) is 1.90. The van der Waals surface area contributed by atoms with Gasteiger partial charge in [0.15, 0.2) is 5.84 Å². The van der Waals surface area contributed by atoms with E-state index in [9.17, 15) is 4.79 Å². The fraction of sp³-hybridized carbons (Fsp3) is 0.286. The van der Waals surface area contributed by atoms with Crippen LogP contribution >= 0.6 is 0 Å². The first-order chi connectivity index (χ1) is 10.0. The number of benzene rings is 1. The molecule has 1 aromatic carbocycles. The largest absolute Gasteiger partial charge is 0.409 e. The molecule has 0 atom stereocenters. The molecule has 0 aliphatic heterocycles. The Bertz CT molecular complexity index is 684. The Balaban J connectivity index is 2.34. The molecule has 7 heteroatoms. The number of carbonyl (C=O) groups is 1. The van der Waals surface area contributed by atoms with Gasteiger partial charge in [0.05, 0.1) is 23.8 Å². The lowest BCUT2D eigenvalue weighted by molar-refractivity contribution is 0.0728. The van der Waals surface area contributed by atoms with E-state index < -0.39 is 0 Å². The van der Waals surface area contributed by atoms with Gasteiger partial charge < -0.3 is 15.8 Å². The van der Waals surface area contributed by atoms with Crippen LogP contribution in [-0.2, 0) is 0 Å². The first-order valence-electron chi connectivity index (χ1n) is 6.52. The van der Waals surface area contributed by atoms with Crippen molar-refractivity contribution in [2.75, 3.05) is 6.54 Å². The minimum atomic E-state index is -0.310. The second-order valence-corrected chi connectivity index (χ2v) is 4.86. The van der Waals surface area contributed by atoms with Gasteiger partial charge in [0.2, 0.25) is 0 Å². The van der Waals surface area contributed by atoms with Gasteiger partial charge >= 0.3 is 0 Å². The van der Waals surface area contributed by atoms with Crippen LogP contribution in [0, 0.1) is 0 Å². The molecule has 110 valence electrons. The molecule has 0 saturated carbocycles. The van der Waals surface area contributed by atoms with Crippen molar-refractivity contribution in [1.82, 2.24) is 14.9 Å². The zero-order valence-electron chi connectivity index (χ0n) is 11.9. The second kappa shape index (κ2) is 6.17. The van der Waals surface area contributed by atoms with Crippen molar-refractivity contribution in [2.45, 2.75) is 19.9 Å². The number of amidine groups is 1. The van der Waals surface area contributed by atoms with Crippen molar-refractivity contribution in [2.24, 2.45) is 10.9 Å². The fourth-order valence-electron chi connectivity index (χ4n) is 1.90. The lowest BCUT2D eigenvalue weighted by Crippen LogP contribution is -2.43. The Hall–Kier alpha value is -2.70. The molecule has 3 N–H and O–H groups in total. The van der Waals surface area contributed by atoms with Crippen molar-refractivity contribution in [1.29, 1.82) is 0 Å². The van der Waals surface area contributed by atoms with Crippen LogP contribution in [0.4, 0.5) is 0 Å². The van der Waals surface area contributed by atoms with E-state index in [1.807, 2.05) is 32.0 Å². The van der Waals surface area contributed by atoms with E-state index in [0.717, 1.165) is 5.52 Å². The highest BCUT2D eigenvalue weighted by Crippen LogP contribution is 2.11. The monoisotopic (exact) mass is 287 g/mol. The van der Waals surface area contributed by atoms with E-state index in [1.165, 1.54) is 11.1 Å². The minimum absolute atomic E-state index is 0.0293. The lowest BCUT2D eigenvalue weighted by Gasteiger charge is -2.25. The van der Waals surface area contributed by atoms with E-state index in [1.54, 1.807) is 6.07 Å². The third kappa shape index (κ3) is 3.25. The van der Waals surface area contributed by atoms with Gasteiger partial charge in [0.1, 0.15) is 5.69 Å². The highest BCUT2D eigenvalue weighted by Gasteiger charge is 2.21. The molecule has 1 amide bonds. The molecule has 1 aromatic heterocycles. The number of hydrogen-bond acceptors (Lipinski definition) is 5. The zero-order chi connectivity index (χ0) is 15.4. The molecule has 2 aromatic rings. The number of nitrogens with zero attached hydrogens (tertiary/aromatic N) is 4. The van der Waals surface area contributed by atoms with Gasteiger partial charge in [-0.25, -0.2) is 4.98 Å². The van der Waals surface area contributed by atoms with Crippen molar-refractivity contribution < 1.29 is 10.0 Å². The van der Waals surface area contributed by atoms with Crippen LogP contribution in [0.3, 0.4) is 0 Å². The average molecular weight is 287 g/mol. The number of fused-ring (bicyclic) bond motifs is 1. The summed E-state index contributed by atoms with van der Waals surface area (Å²) < 4.78 is 0. The van der Waals surface area contributed by atoms with Gasteiger partial charge in [-0.2, -0.15) is 0 Å². The Morgan fingerprint density at radius 2 is 2.05 bits per heavy atom. The Labute approximate surface area is 122 Å². The van der Waals surface area contributed by atoms with Crippen LogP contribution < -0.4 is 5.73 Å². The number of para-hydroxylation sites is 2. The molecule has 0 aliphatic carbocycles. The Kier molecular flexibility index (Phi) is 4.32. The first-order valence-corrected chi connectivity index (χ1v) is 6.52. The quantitative estimate of drug-likeness (QED) is 0.381. The molecular weight excluding hydrogens is 270 g/mol. The number of nitrogens with two attached hydrogens (primary N) is 1. The smallest absolute Gasteiger partial charge is 0.274 e. The topological polar surface area (TPSA) is 105 Å². The molecule has 2 rings (SSSR count). The van der Waals surface area contributed by atoms with Crippen molar-refractivity contribution >= 4 is 22.8 Å². The molecule has 0 spiro atoms. The van der Waals surface area contributed by atoms with E-state index in [4.69, 9.17) is 10.9 Å². The molecule has 0 radical (unpaired) electrons. The molecule has 0 saturated heterocycles. The van der Waals surface area contributed by atoms with Gasteiger partial charge in [0, 0.05) is 6.04 Å². The summed E-state index contributed by atoms with van der Waals surface area (Å²) in [5.41, 5.74) is 7.09. The van der Waals surface area contributed by atoms with Gasteiger partial charge in [-0.3, -0.25) is 9.78 Å². The maximum atomic E-state index is 12.5. The van der Waals surface area contributed by atoms with E-state index in [-0.39, 0.29) is 30.0 Å². The van der Waals surface area contributed by atoms with Crippen molar-refractivity contribution in [3.8, 4) is 0 Å². The summed E-state index contributed by atoms with van der Waals surface area (Å²) >= 11 is 0. The summed E-state index contributed by atoms with van der Waals surface area (Å²) in [7, 11) is 0. The van der Waals surface area contributed by atoms with Gasteiger partial charge in [-0.1, -0.05) is 17.3 Å². The Morgan fingerprint density at radius 1 is 1.38 bits per heavy atom. The number of amides is 1. The summed E-state index contributed by atoms with van der Waals surface area (Å²) in [4.78, 5) is 22.5. The summed E-state index contributed by atoms with van der Waals surface area (Å²) in [5, 5.41) is 11.6. The van der Waals surface area contributed by atoms with Crippen LogP contribution in [-0.4, -0.2) is 44.4 Å². The summed E-state index contributed by atoms with van der Waals surface area (Å²) in [6.45, 7) is 3.72. The molecule has 0 aliphatic rings.